The van der Waals surface area contributed by atoms with E-state index in [-0.39, 0.29) is 0 Å². The zero-order chi connectivity index (χ0) is 16.5. The third-order valence-electron chi connectivity index (χ3n) is 4.13. The first-order valence-electron chi connectivity index (χ1n) is 8.83. The number of para-hydroxylation sites is 1. The van der Waals surface area contributed by atoms with E-state index in [1.807, 2.05) is 12.1 Å². The minimum absolute atomic E-state index is 0.810. The molecule has 0 amide bonds. The summed E-state index contributed by atoms with van der Waals surface area (Å²) in [5.41, 5.74) is 4.96. The number of ether oxygens (including phenoxy) is 1. The van der Waals surface area contributed by atoms with Gasteiger partial charge in [-0.15, -0.1) is 0 Å². The molecular weight excluding hydrogens is 282 g/mol. The van der Waals surface area contributed by atoms with Gasteiger partial charge in [-0.3, -0.25) is 0 Å². The molecule has 124 valence electrons. The fraction of sp³-hybridized carbons (Fsp3) is 0.429. The van der Waals surface area contributed by atoms with Crippen LogP contribution in [0.1, 0.15) is 50.7 Å². The summed E-state index contributed by atoms with van der Waals surface area (Å²) in [4.78, 5) is 0. The lowest BCUT2D eigenvalue weighted by molar-refractivity contribution is 0.305. The van der Waals surface area contributed by atoms with Crippen LogP contribution in [0.5, 0.6) is 5.75 Å². The Balaban J connectivity index is 1.93. The SMILES string of the molecule is CCCCCCOc1ccc(Nc2c(C)cccc2CC)cc1. The van der Waals surface area contributed by atoms with Gasteiger partial charge in [0.15, 0.2) is 0 Å². The van der Waals surface area contributed by atoms with Gasteiger partial charge in [-0.05, 0) is 55.2 Å². The molecule has 0 bridgehead atoms. The van der Waals surface area contributed by atoms with Crippen LogP contribution in [0.25, 0.3) is 0 Å². The predicted octanol–water partition coefficient (Wildman–Crippen LogP) is 6.26. The van der Waals surface area contributed by atoms with Crippen molar-refractivity contribution in [1.82, 2.24) is 0 Å². The molecule has 0 aliphatic carbocycles. The van der Waals surface area contributed by atoms with Crippen molar-refractivity contribution in [3.05, 3.63) is 53.6 Å². The molecule has 0 radical (unpaired) electrons. The highest BCUT2D eigenvalue weighted by Gasteiger charge is 2.04. The molecule has 2 aromatic carbocycles. The number of hydrogen-bond acceptors (Lipinski definition) is 2. The van der Waals surface area contributed by atoms with E-state index in [9.17, 15) is 0 Å². The Hall–Kier alpha value is -1.96. The first-order valence-corrected chi connectivity index (χ1v) is 8.83. The maximum atomic E-state index is 5.80. The Kier molecular flexibility index (Phi) is 6.99. The van der Waals surface area contributed by atoms with Crippen molar-refractivity contribution in [2.24, 2.45) is 0 Å². The van der Waals surface area contributed by atoms with E-state index >= 15 is 0 Å². The third-order valence-corrected chi connectivity index (χ3v) is 4.13. The summed E-state index contributed by atoms with van der Waals surface area (Å²) in [6.45, 7) is 7.38. The third kappa shape index (κ3) is 5.31. The van der Waals surface area contributed by atoms with Crippen LogP contribution in [-0.4, -0.2) is 6.61 Å². The van der Waals surface area contributed by atoms with E-state index in [0.29, 0.717) is 0 Å². The second kappa shape index (κ2) is 9.24. The second-order valence-corrected chi connectivity index (χ2v) is 6.02. The van der Waals surface area contributed by atoms with Crippen molar-refractivity contribution >= 4 is 11.4 Å². The molecule has 0 fully saturated rings. The highest BCUT2D eigenvalue weighted by molar-refractivity contribution is 5.67. The van der Waals surface area contributed by atoms with E-state index in [2.05, 4.69) is 56.4 Å². The van der Waals surface area contributed by atoms with Crippen molar-refractivity contribution < 1.29 is 4.74 Å². The van der Waals surface area contributed by atoms with E-state index < -0.39 is 0 Å². The molecule has 0 saturated heterocycles. The van der Waals surface area contributed by atoms with Crippen LogP contribution in [0.15, 0.2) is 42.5 Å². The maximum absolute atomic E-state index is 5.80. The highest BCUT2D eigenvalue weighted by Crippen LogP contribution is 2.26. The van der Waals surface area contributed by atoms with Crippen molar-refractivity contribution in [3.8, 4) is 5.75 Å². The molecule has 2 aromatic rings. The van der Waals surface area contributed by atoms with Crippen LogP contribution < -0.4 is 10.1 Å². The number of benzene rings is 2. The molecule has 2 nitrogen and oxygen atoms in total. The van der Waals surface area contributed by atoms with Gasteiger partial charge in [0.2, 0.25) is 0 Å². The Labute approximate surface area is 140 Å². The van der Waals surface area contributed by atoms with Gasteiger partial charge >= 0.3 is 0 Å². The van der Waals surface area contributed by atoms with Gasteiger partial charge in [-0.1, -0.05) is 51.3 Å². The molecule has 0 saturated carbocycles. The summed E-state index contributed by atoms with van der Waals surface area (Å²) in [7, 11) is 0. The molecule has 0 heterocycles. The lowest BCUT2D eigenvalue weighted by Gasteiger charge is -2.14. The Morgan fingerprint density at radius 3 is 2.39 bits per heavy atom. The normalized spacial score (nSPS) is 10.6. The zero-order valence-corrected chi connectivity index (χ0v) is 14.7. The van der Waals surface area contributed by atoms with Crippen LogP contribution >= 0.6 is 0 Å². The maximum Gasteiger partial charge on any atom is 0.119 e. The first-order chi connectivity index (χ1) is 11.2. The predicted molar refractivity (Wildman–Crippen MR) is 99.9 cm³/mol. The molecule has 23 heavy (non-hydrogen) atoms. The van der Waals surface area contributed by atoms with Crippen molar-refractivity contribution in [2.75, 3.05) is 11.9 Å². The van der Waals surface area contributed by atoms with Crippen molar-refractivity contribution in [1.29, 1.82) is 0 Å². The summed E-state index contributed by atoms with van der Waals surface area (Å²) in [5.74, 6) is 0.951. The minimum Gasteiger partial charge on any atom is -0.494 e. The Bertz CT molecular complexity index is 589. The molecule has 0 aromatic heterocycles. The lowest BCUT2D eigenvalue weighted by atomic mass is 10.1. The fourth-order valence-electron chi connectivity index (χ4n) is 2.70. The molecule has 0 aliphatic rings. The smallest absolute Gasteiger partial charge is 0.119 e. The average Bonchev–Trinajstić information content (AvgIpc) is 2.58. The molecule has 0 aliphatic heterocycles. The lowest BCUT2D eigenvalue weighted by Crippen LogP contribution is -1.99. The van der Waals surface area contributed by atoms with Crippen LogP contribution in [0.4, 0.5) is 11.4 Å². The quantitative estimate of drug-likeness (QED) is 0.552. The minimum atomic E-state index is 0.810. The van der Waals surface area contributed by atoms with Crippen LogP contribution in [0.2, 0.25) is 0 Å². The number of hydrogen-bond donors (Lipinski definition) is 1. The molecule has 0 atom stereocenters. The monoisotopic (exact) mass is 311 g/mol. The van der Waals surface area contributed by atoms with Gasteiger partial charge in [-0.2, -0.15) is 0 Å². The summed E-state index contributed by atoms with van der Waals surface area (Å²) in [5, 5.41) is 3.55. The number of rotatable bonds is 9. The van der Waals surface area contributed by atoms with Crippen molar-refractivity contribution in [2.45, 2.75) is 52.9 Å². The van der Waals surface area contributed by atoms with Gasteiger partial charge < -0.3 is 10.1 Å². The second-order valence-electron chi connectivity index (χ2n) is 6.02. The molecule has 2 heteroatoms. The van der Waals surface area contributed by atoms with Crippen LogP contribution in [0.3, 0.4) is 0 Å². The van der Waals surface area contributed by atoms with E-state index in [1.54, 1.807) is 0 Å². The van der Waals surface area contributed by atoms with E-state index in [4.69, 9.17) is 4.74 Å². The Morgan fingerprint density at radius 2 is 1.70 bits per heavy atom. The van der Waals surface area contributed by atoms with Gasteiger partial charge in [0, 0.05) is 11.4 Å². The van der Waals surface area contributed by atoms with Gasteiger partial charge in [0.1, 0.15) is 5.75 Å². The number of unbranched alkanes of at least 4 members (excludes halogenated alkanes) is 3. The summed E-state index contributed by atoms with van der Waals surface area (Å²) >= 11 is 0. The summed E-state index contributed by atoms with van der Waals surface area (Å²) < 4.78 is 5.80. The number of nitrogens with one attached hydrogen (secondary N) is 1. The van der Waals surface area contributed by atoms with Gasteiger partial charge in [0.05, 0.1) is 6.61 Å². The van der Waals surface area contributed by atoms with Gasteiger partial charge in [0.25, 0.3) is 0 Å². The van der Waals surface area contributed by atoms with Crippen LogP contribution in [-0.2, 0) is 6.42 Å². The highest BCUT2D eigenvalue weighted by atomic mass is 16.5. The standard InChI is InChI=1S/C21H29NO/c1-4-6-7-8-16-23-20-14-12-19(13-15-20)22-21-17(3)10-9-11-18(21)5-2/h9-15,22H,4-8,16H2,1-3H3. The average molecular weight is 311 g/mol. The zero-order valence-electron chi connectivity index (χ0n) is 14.7. The molecule has 0 spiro atoms. The van der Waals surface area contributed by atoms with E-state index in [1.165, 1.54) is 36.1 Å². The number of anilines is 2. The molecule has 2 rings (SSSR count). The molecule has 1 N–H and O–H groups in total. The first kappa shape index (κ1) is 17.4. The van der Waals surface area contributed by atoms with Crippen molar-refractivity contribution in [3.63, 3.8) is 0 Å². The fourth-order valence-corrected chi connectivity index (χ4v) is 2.70. The molecule has 0 unspecified atom stereocenters. The van der Waals surface area contributed by atoms with Crippen LogP contribution in [0, 0.1) is 6.92 Å². The number of aryl methyl sites for hydroxylation is 2. The Morgan fingerprint density at radius 1 is 0.913 bits per heavy atom. The summed E-state index contributed by atoms with van der Waals surface area (Å²) in [6.07, 6.45) is 5.98. The topological polar surface area (TPSA) is 21.3 Å². The summed E-state index contributed by atoms with van der Waals surface area (Å²) in [6, 6.07) is 14.7. The molecular formula is C21H29NO. The largest absolute Gasteiger partial charge is 0.494 e. The van der Waals surface area contributed by atoms with E-state index in [0.717, 1.165) is 30.9 Å². The van der Waals surface area contributed by atoms with Gasteiger partial charge in [-0.25, -0.2) is 0 Å².